The summed E-state index contributed by atoms with van der Waals surface area (Å²) < 4.78 is 9.80. The van der Waals surface area contributed by atoms with Gasteiger partial charge in [0.1, 0.15) is 0 Å². The Hall–Kier alpha value is -3.94. The van der Waals surface area contributed by atoms with E-state index in [1.165, 1.54) is 9.80 Å². The van der Waals surface area contributed by atoms with E-state index in [1.807, 2.05) is 12.1 Å². The quantitative estimate of drug-likeness (QED) is 0.418. The van der Waals surface area contributed by atoms with Gasteiger partial charge >= 0.3 is 11.9 Å². The highest BCUT2D eigenvalue weighted by Crippen LogP contribution is 2.14. The van der Waals surface area contributed by atoms with Crippen molar-refractivity contribution in [2.75, 3.05) is 36.1 Å². The van der Waals surface area contributed by atoms with Gasteiger partial charge in [0.05, 0.1) is 0 Å². The van der Waals surface area contributed by atoms with Gasteiger partial charge in [-0.2, -0.15) is 0 Å². The van der Waals surface area contributed by atoms with Crippen molar-refractivity contribution in [3.63, 3.8) is 0 Å². The molecule has 0 aliphatic heterocycles. The normalized spacial score (nSPS) is 10.4. The maximum absolute atomic E-state index is 12.3. The van der Waals surface area contributed by atoms with Gasteiger partial charge in [-0.05, 0) is 38.1 Å². The van der Waals surface area contributed by atoms with Gasteiger partial charge in [-0.25, -0.2) is 9.59 Å². The Morgan fingerprint density at radius 1 is 0.656 bits per heavy atom. The maximum Gasteiger partial charge on any atom is 0.331 e. The molecule has 8 heteroatoms. The Morgan fingerprint density at radius 2 is 1.00 bits per heavy atom. The van der Waals surface area contributed by atoms with Crippen molar-refractivity contribution in [2.24, 2.45) is 0 Å². The van der Waals surface area contributed by atoms with Crippen LogP contribution in [0.25, 0.3) is 0 Å². The van der Waals surface area contributed by atoms with Gasteiger partial charge < -0.3 is 19.3 Å². The molecule has 0 radical (unpaired) electrons. The second-order valence-electron chi connectivity index (χ2n) is 6.50. The number of benzene rings is 2. The smallest absolute Gasteiger partial charge is 0.331 e. The number of hydrogen-bond acceptors (Lipinski definition) is 6. The molecule has 0 spiro atoms. The number of rotatable bonds is 10. The fourth-order valence-electron chi connectivity index (χ4n) is 2.88. The van der Waals surface area contributed by atoms with Crippen LogP contribution in [0.3, 0.4) is 0 Å². The molecule has 0 unspecified atom stereocenters. The van der Waals surface area contributed by atoms with E-state index in [-0.39, 0.29) is 0 Å². The highest BCUT2D eigenvalue weighted by atomic mass is 16.5. The first kappa shape index (κ1) is 24.3. The minimum Gasteiger partial charge on any atom is -0.452 e. The molecule has 32 heavy (non-hydrogen) atoms. The van der Waals surface area contributed by atoms with E-state index in [1.54, 1.807) is 62.4 Å². The van der Waals surface area contributed by atoms with Crippen molar-refractivity contribution in [2.45, 2.75) is 13.8 Å². The number of likely N-dealkylation sites (N-methyl/N-ethyl adjacent to an activating group) is 2. The summed E-state index contributed by atoms with van der Waals surface area (Å²) in [6.45, 7) is 3.50. The summed E-state index contributed by atoms with van der Waals surface area (Å²) in [5, 5.41) is 0. The van der Waals surface area contributed by atoms with Crippen LogP contribution >= 0.6 is 0 Å². The number of ether oxygens (including phenoxy) is 2. The molecule has 0 bridgehead atoms. The largest absolute Gasteiger partial charge is 0.452 e. The average Bonchev–Trinajstić information content (AvgIpc) is 2.82. The number of para-hydroxylation sites is 2. The van der Waals surface area contributed by atoms with E-state index in [4.69, 9.17) is 9.47 Å². The van der Waals surface area contributed by atoms with Gasteiger partial charge in [0.2, 0.25) is 0 Å². The van der Waals surface area contributed by atoms with E-state index < -0.39 is 37.0 Å². The van der Waals surface area contributed by atoms with Crippen LogP contribution in [-0.2, 0) is 28.7 Å². The second kappa shape index (κ2) is 12.7. The Kier molecular flexibility index (Phi) is 9.65. The van der Waals surface area contributed by atoms with Crippen LogP contribution in [0.5, 0.6) is 0 Å². The summed E-state index contributed by atoms with van der Waals surface area (Å²) in [6.07, 6.45) is 1.71. The maximum atomic E-state index is 12.3. The van der Waals surface area contributed by atoms with Gasteiger partial charge in [-0.3, -0.25) is 9.59 Å². The second-order valence-corrected chi connectivity index (χ2v) is 6.50. The summed E-state index contributed by atoms with van der Waals surface area (Å²) in [4.78, 5) is 51.2. The molecule has 0 aromatic heterocycles. The van der Waals surface area contributed by atoms with Gasteiger partial charge in [-0.1, -0.05) is 36.4 Å². The summed E-state index contributed by atoms with van der Waals surface area (Å²) in [5.74, 6) is -2.53. The van der Waals surface area contributed by atoms with Gasteiger partial charge in [0.25, 0.3) is 11.8 Å². The van der Waals surface area contributed by atoms with Crippen LogP contribution in [0.1, 0.15) is 13.8 Å². The van der Waals surface area contributed by atoms with Crippen LogP contribution in [0.15, 0.2) is 72.8 Å². The molecule has 2 rings (SSSR count). The van der Waals surface area contributed by atoms with Crippen LogP contribution in [0, 0.1) is 0 Å². The van der Waals surface area contributed by atoms with Crippen molar-refractivity contribution in [1.82, 2.24) is 0 Å². The summed E-state index contributed by atoms with van der Waals surface area (Å²) >= 11 is 0. The van der Waals surface area contributed by atoms with Crippen molar-refractivity contribution >= 4 is 35.1 Å². The lowest BCUT2D eigenvalue weighted by Crippen LogP contribution is -2.34. The molecule has 8 nitrogen and oxygen atoms in total. The van der Waals surface area contributed by atoms with Crippen molar-refractivity contribution in [3.8, 4) is 0 Å². The summed E-state index contributed by atoms with van der Waals surface area (Å²) in [5.41, 5.74) is 1.38. The molecule has 0 saturated carbocycles. The van der Waals surface area contributed by atoms with E-state index in [0.717, 1.165) is 12.2 Å². The third-order valence-corrected chi connectivity index (χ3v) is 4.40. The molecule has 0 aliphatic carbocycles. The highest BCUT2D eigenvalue weighted by Gasteiger charge is 2.16. The van der Waals surface area contributed by atoms with Gasteiger partial charge in [0, 0.05) is 36.6 Å². The number of nitrogens with zero attached hydrogens (tertiary/aromatic N) is 2. The molecule has 2 aromatic rings. The number of hydrogen-bond donors (Lipinski definition) is 0. The first-order valence-electron chi connectivity index (χ1n) is 10.2. The minimum atomic E-state index is -0.870. The zero-order chi connectivity index (χ0) is 23.3. The van der Waals surface area contributed by atoms with Crippen molar-refractivity contribution in [1.29, 1.82) is 0 Å². The molecule has 0 fully saturated rings. The molecule has 0 heterocycles. The molecule has 0 atom stereocenters. The molecule has 2 aromatic carbocycles. The topological polar surface area (TPSA) is 93.2 Å². The van der Waals surface area contributed by atoms with Crippen molar-refractivity contribution in [3.05, 3.63) is 72.8 Å². The van der Waals surface area contributed by atoms with E-state index >= 15 is 0 Å². The Bertz CT molecular complexity index is 866. The molecule has 0 aliphatic rings. The highest BCUT2D eigenvalue weighted by molar-refractivity contribution is 5.98. The van der Waals surface area contributed by atoms with E-state index in [0.29, 0.717) is 24.5 Å². The van der Waals surface area contributed by atoms with E-state index in [9.17, 15) is 19.2 Å². The van der Waals surface area contributed by atoms with Crippen LogP contribution < -0.4 is 9.80 Å². The summed E-state index contributed by atoms with van der Waals surface area (Å²) in [6, 6.07) is 18.0. The molecule has 168 valence electrons. The Balaban J connectivity index is 1.78. The zero-order valence-electron chi connectivity index (χ0n) is 18.1. The van der Waals surface area contributed by atoms with Crippen LogP contribution in [0.2, 0.25) is 0 Å². The van der Waals surface area contributed by atoms with Crippen molar-refractivity contribution < 1.29 is 28.7 Å². The molecule has 2 amide bonds. The third kappa shape index (κ3) is 7.39. The number of carbonyl (C=O) groups is 4. The van der Waals surface area contributed by atoms with Crippen LogP contribution in [0.4, 0.5) is 11.4 Å². The molecule has 0 N–H and O–H groups in total. The first-order valence-corrected chi connectivity index (χ1v) is 10.2. The van der Waals surface area contributed by atoms with Gasteiger partial charge in [-0.15, -0.1) is 0 Å². The molecular weight excluding hydrogens is 412 g/mol. The lowest BCUT2D eigenvalue weighted by atomic mass is 10.3. The number of anilines is 2. The first-order chi connectivity index (χ1) is 15.5. The SMILES string of the molecule is CCN(C(=O)COC(=O)/C=C/C(=O)OCC(=O)N(CC)c1ccccc1)c1ccccc1. The Labute approximate surface area is 187 Å². The minimum absolute atomic E-state index is 0.394. The van der Waals surface area contributed by atoms with E-state index in [2.05, 4.69) is 0 Å². The monoisotopic (exact) mass is 438 g/mol. The number of carbonyl (C=O) groups excluding carboxylic acids is 4. The average molecular weight is 438 g/mol. The Morgan fingerprint density at radius 3 is 1.31 bits per heavy atom. The fourth-order valence-corrected chi connectivity index (χ4v) is 2.88. The van der Waals surface area contributed by atoms with Gasteiger partial charge in [0.15, 0.2) is 13.2 Å². The predicted octanol–water partition coefficient (Wildman–Crippen LogP) is 2.74. The lowest BCUT2D eigenvalue weighted by molar-refractivity contribution is -0.144. The molecule has 0 saturated heterocycles. The van der Waals surface area contributed by atoms with Crippen LogP contribution in [-0.4, -0.2) is 50.1 Å². The lowest BCUT2D eigenvalue weighted by Gasteiger charge is -2.20. The number of amides is 2. The standard InChI is InChI=1S/C24H26N2O6/c1-3-25(19-11-7-5-8-12-19)21(27)17-31-23(29)15-16-24(30)32-18-22(28)26(4-2)20-13-9-6-10-14-20/h5-16H,3-4,17-18H2,1-2H3/b16-15+. The molecular formula is C24H26N2O6. The number of esters is 2. The predicted molar refractivity (Wildman–Crippen MR) is 120 cm³/mol. The fraction of sp³-hybridized carbons (Fsp3) is 0.250. The summed E-state index contributed by atoms with van der Waals surface area (Å²) in [7, 11) is 0. The zero-order valence-corrected chi connectivity index (χ0v) is 18.1. The third-order valence-electron chi connectivity index (χ3n) is 4.40.